The Hall–Kier alpha value is -1.49. The summed E-state index contributed by atoms with van der Waals surface area (Å²) in [6.45, 7) is 3.84. The van der Waals surface area contributed by atoms with Gasteiger partial charge >= 0.3 is 6.09 Å². The van der Waals surface area contributed by atoms with Crippen LogP contribution in [0.4, 0.5) is 10.5 Å². The number of hydrogen-bond donors (Lipinski definition) is 0. The molecule has 1 atom stereocenters. The Morgan fingerprint density at radius 3 is 2.72 bits per heavy atom. The maximum absolute atomic E-state index is 12.1. The Labute approximate surface area is 105 Å². The maximum Gasteiger partial charge on any atom is 0.415 e. The summed E-state index contributed by atoms with van der Waals surface area (Å²) in [6, 6.07) is 1.81. The predicted octanol–water partition coefficient (Wildman–Crippen LogP) is 1.70. The van der Waals surface area contributed by atoms with Gasteiger partial charge < -0.3 is 9.15 Å². The number of ether oxygens (including phenoxy) is 1. The Bertz CT molecular complexity index is 465. The van der Waals surface area contributed by atoms with Crippen LogP contribution in [0.2, 0.25) is 0 Å². The van der Waals surface area contributed by atoms with Crippen molar-refractivity contribution in [2.24, 2.45) is 5.92 Å². The molecule has 5 heterocycles. The van der Waals surface area contributed by atoms with Crippen molar-refractivity contribution in [2.75, 3.05) is 31.1 Å². The van der Waals surface area contributed by atoms with Gasteiger partial charge in [0.15, 0.2) is 0 Å². The van der Waals surface area contributed by atoms with Crippen molar-refractivity contribution in [1.82, 2.24) is 4.90 Å². The molecule has 18 heavy (non-hydrogen) atoms. The Morgan fingerprint density at radius 1 is 1.28 bits per heavy atom. The fraction of sp³-hybridized carbons (Fsp3) is 0.615. The number of fused-ring (bicyclic) bond motifs is 2. The molecule has 96 valence electrons. The molecule has 0 saturated carbocycles. The lowest BCUT2D eigenvalue weighted by molar-refractivity contribution is -0.0881. The van der Waals surface area contributed by atoms with Crippen molar-refractivity contribution >= 4 is 11.8 Å². The first-order chi connectivity index (χ1) is 8.77. The van der Waals surface area contributed by atoms with Crippen LogP contribution < -0.4 is 4.90 Å². The van der Waals surface area contributed by atoms with Crippen LogP contribution in [-0.4, -0.2) is 42.8 Å². The van der Waals surface area contributed by atoms with Crippen LogP contribution in [0.25, 0.3) is 0 Å². The topological polar surface area (TPSA) is 45.9 Å². The molecule has 1 aromatic rings. The first-order valence-electron chi connectivity index (χ1n) is 6.52. The van der Waals surface area contributed by atoms with Crippen molar-refractivity contribution in [3.8, 4) is 0 Å². The molecule has 0 aromatic carbocycles. The van der Waals surface area contributed by atoms with Crippen molar-refractivity contribution in [3.05, 3.63) is 18.6 Å². The molecule has 5 rings (SSSR count). The molecule has 0 N–H and O–H groups in total. The largest absolute Gasteiger partial charge is 0.470 e. The lowest BCUT2D eigenvalue weighted by atomic mass is 9.75. The van der Waals surface area contributed by atoms with E-state index in [-0.39, 0.29) is 11.7 Å². The van der Waals surface area contributed by atoms with E-state index in [1.807, 2.05) is 6.07 Å². The minimum absolute atomic E-state index is 0.231. The number of nitrogens with zero attached hydrogens (tertiary/aromatic N) is 2. The second-order valence-electron chi connectivity index (χ2n) is 5.55. The normalized spacial score (nSPS) is 38.4. The summed E-state index contributed by atoms with van der Waals surface area (Å²) in [5.74, 6) is 0.517. The molecule has 5 heteroatoms. The van der Waals surface area contributed by atoms with E-state index in [1.165, 1.54) is 0 Å². The molecule has 5 nitrogen and oxygen atoms in total. The number of piperidine rings is 3. The monoisotopic (exact) mass is 248 g/mol. The molecule has 2 bridgehead atoms. The number of anilines is 1. The van der Waals surface area contributed by atoms with E-state index < -0.39 is 0 Å². The molecule has 1 aromatic heterocycles. The first-order valence-corrected chi connectivity index (χ1v) is 6.52. The summed E-state index contributed by atoms with van der Waals surface area (Å²) in [5.41, 5.74) is 0.513. The lowest BCUT2D eigenvalue weighted by Crippen LogP contribution is -2.61. The van der Waals surface area contributed by atoms with E-state index in [2.05, 4.69) is 4.90 Å². The van der Waals surface area contributed by atoms with E-state index in [4.69, 9.17) is 9.15 Å². The highest BCUT2D eigenvalue weighted by Gasteiger charge is 2.55. The summed E-state index contributed by atoms with van der Waals surface area (Å²) in [4.78, 5) is 16.2. The fourth-order valence-corrected chi connectivity index (χ4v) is 3.62. The molecule has 4 aliphatic heterocycles. The minimum atomic E-state index is -0.287. The molecular formula is C13H16N2O3. The van der Waals surface area contributed by atoms with Crippen LogP contribution in [-0.2, 0) is 4.74 Å². The molecule has 1 spiro atoms. The minimum Gasteiger partial charge on any atom is -0.470 e. The first kappa shape index (κ1) is 10.4. The third-order valence-corrected chi connectivity index (χ3v) is 4.58. The van der Waals surface area contributed by atoms with Crippen molar-refractivity contribution in [1.29, 1.82) is 0 Å². The Morgan fingerprint density at radius 2 is 2.11 bits per heavy atom. The molecule has 0 aliphatic carbocycles. The van der Waals surface area contributed by atoms with Crippen molar-refractivity contribution < 1.29 is 13.9 Å². The van der Waals surface area contributed by atoms with Crippen LogP contribution in [0.1, 0.15) is 12.8 Å². The lowest BCUT2D eigenvalue weighted by Gasteiger charge is -2.49. The Kier molecular flexibility index (Phi) is 2.03. The van der Waals surface area contributed by atoms with E-state index >= 15 is 0 Å². The van der Waals surface area contributed by atoms with Crippen LogP contribution in [0.5, 0.6) is 0 Å². The van der Waals surface area contributed by atoms with Gasteiger partial charge in [-0.15, -0.1) is 0 Å². The van der Waals surface area contributed by atoms with Crippen molar-refractivity contribution in [2.45, 2.75) is 18.4 Å². The van der Waals surface area contributed by atoms with E-state index in [9.17, 15) is 4.79 Å². The standard InChI is InChI=1S/C13H16N2O3/c16-12-15(11-3-6-17-7-11)9-13(18-12)8-14-4-1-10(13)2-5-14/h3,6-7,10H,1-2,4-5,8-9H2. The van der Waals surface area contributed by atoms with Gasteiger partial charge in [0.1, 0.15) is 11.9 Å². The van der Waals surface area contributed by atoms with Crippen LogP contribution >= 0.6 is 0 Å². The summed E-state index contributed by atoms with van der Waals surface area (Å²) >= 11 is 0. The molecule has 0 radical (unpaired) electrons. The summed E-state index contributed by atoms with van der Waals surface area (Å²) in [7, 11) is 0. The highest BCUT2D eigenvalue weighted by Crippen LogP contribution is 2.43. The smallest absolute Gasteiger partial charge is 0.415 e. The number of carbonyl (C=O) groups excluding carboxylic acids is 1. The molecule has 4 saturated heterocycles. The van der Waals surface area contributed by atoms with Gasteiger partial charge in [-0.3, -0.25) is 9.80 Å². The van der Waals surface area contributed by atoms with Gasteiger partial charge in [0.05, 0.1) is 18.5 Å². The van der Waals surface area contributed by atoms with Gasteiger partial charge in [0.25, 0.3) is 0 Å². The van der Waals surface area contributed by atoms with Crippen molar-refractivity contribution in [3.63, 3.8) is 0 Å². The van der Waals surface area contributed by atoms with E-state index in [1.54, 1.807) is 17.4 Å². The highest BCUT2D eigenvalue weighted by molar-refractivity contribution is 5.90. The van der Waals surface area contributed by atoms with Gasteiger partial charge in [0, 0.05) is 18.5 Å². The third kappa shape index (κ3) is 1.34. The molecular weight excluding hydrogens is 232 g/mol. The number of rotatable bonds is 1. The van der Waals surface area contributed by atoms with Crippen LogP contribution in [0.15, 0.2) is 23.0 Å². The quantitative estimate of drug-likeness (QED) is 0.759. The average Bonchev–Trinajstić information content (AvgIpc) is 2.99. The zero-order chi connectivity index (χ0) is 12.2. The summed E-state index contributed by atoms with van der Waals surface area (Å²) < 4.78 is 10.8. The van der Waals surface area contributed by atoms with Crippen LogP contribution in [0, 0.1) is 5.92 Å². The fourth-order valence-electron chi connectivity index (χ4n) is 3.62. The SMILES string of the molecule is O=C1OC2(CN3CCC2CC3)CN1c1ccoc1. The second-order valence-corrected chi connectivity index (χ2v) is 5.55. The number of hydrogen-bond acceptors (Lipinski definition) is 4. The second kappa shape index (κ2) is 3.51. The number of furan rings is 1. The van der Waals surface area contributed by atoms with Gasteiger partial charge in [-0.25, -0.2) is 4.79 Å². The van der Waals surface area contributed by atoms with Gasteiger partial charge in [-0.1, -0.05) is 0 Å². The Balaban J connectivity index is 1.64. The average molecular weight is 248 g/mol. The molecule has 4 aliphatic rings. The highest BCUT2D eigenvalue weighted by atomic mass is 16.6. The van der Waals surface area contributed by atoms with E-state index in [0.29, 0.717) is 12.5 Å². The van der Waals surface area contributed by atoms with Gasteiger partial charge in [-0.2, -0.15) is 0 Å². The van der Waals surface area contributed by atoms with Gasteiger partial charge in [-0.05, 0) is 25.9 Å². The molecule has 4 fully saturated rings. The van der Waals surface area contributed by atoms with Crippen LogP contribution in [0.3, 0.4) is 0 Å². The summed E-state index contributed by atoms with van der Waals surface area (Å²) in [5, 5.41) is 0. The predicted molar refractivity (Wildman–Crippen MR) is 64.4 cm³/mol. The summed E-state index contributed by atoms with van der Waals surface area (Å²) in [6.07, 6.45) is 5.25. The van der Waals surface area contributed by atoms with E-state index in [0.717, 1.165) is 38.2 Å². The number of carbonyl (C=O) groups is 1. The zero-order valence-electron chi connectivity index (χ0n) is 10.2. The third-order valence-electron chi connectivity index (χ3n) is 4.58. The molecule has 1 amide bonds. The van der Waals surface area contributed by atoms with Gasteiger partial charge in [0.2, 0.25) is 0 Å². The maximum atomic E-state index is 12.1. The zero-order valence-corrected chi connectivity index (χ0v) is 10.2. The molecule has 1 unspecified atom stereocenters. The number of amides is 1.